The second kappa shape index (κ2) is 11.4. The molecule has 0 aliphatic rings. The number of aromatic nitrogens is 1. The lowest BCUT2D eigenvalue weighted by Crippen LogP contribution is -2.13. The largest absolute Gasteiger partial charge is 0.436 e. The predicted octanol–water partition coefficient (Wildman–Crippen LogP) is 4.21. The van der Waals surface area contributed by atoms with Crippen molar-refractivity contribution in [2.45, 2.75) is 0 Å². The summed E-state index contributed by atoms with van der Waals surface area (Å²) in [4.78, 5) is 15.0. The summed E-state index contributed by atoms with van der Waals surface area (Å²) in [6.45, 7) is 0.0130. The molecule has 0 fully saturated rings. The molecule has 1 amide bonds. The quantitative estimate of drug-likeness (QED) is 0.660. The van der Waals surface area contributed by atoms with Gasteiger partial charge >= 0.3 is 6.09 Å². The minimum atomic E-state index is -0.578. The van der Waals surface area contributed by atoms with Gasteiger partial charge in [0.25, 0.3) is 0 Å². The fraction of sp³-hybridized carbons (Fsp3) is 0.125. The van der Waals surface area contributed by atoms with Crippen LogP contribution in [0.25, 0.3) is 0 Å². The van der Waals surface area contributed by atoms with E-state index in [2.05, 4.69) is 22.1 Å². The number of carbonyl (C=O) groups is 1. The summed E-state index contributed by atoms with van der Waals surface area (Å²) in [5.74, 6) is 5.36. The molecule has 2 rings (SSSR count). The first-order valence-electron chi connectivity index (χ1n) is 6.28. The van der Waals surface area contributed by atoms with E-state index >= 15 is 0 Å². The molecular formula is C16H14Cl2N2O2. The average molecular weight is 337 g/mol. The van der Waals surface area contributed by atoms with Gasteiger partial charge < -0.3 is 4.74 Å². The molecule has 6 heteroatoms. The Labute approximate surface area is 139 Å². The highest BCUT2D eigenvalue weighted by Gasteiger charge is 2.01. The first-order chi connectivity index (χ1) is 10.7. The molecule has 114 valence electrons. The minimum Gasteiger partial charge on any atom is -0.436 e. The molecule has 0 radical (unpaired) electrons. The number of alkyl halides is 1. The SMILES string of the molecule is O=C(Nc1cccc(Cl)c1)OCC#CCCl.c1ccncc1. The highest BCUT2D eigenvalue weighted by atomic mass is 35.5. The minimum absolute atomic E-state index is 0.0130. The highest BCUT2D eigenvalue weighted by molar-refractivity contribution is 6.30. The Kier molecular flexibility index (Phi) is 9.27. The lowest BCUT2D eigenvalue weighted by Gasteiger charge is -2.04. The lowest BCUT2D eigenvalue weighted by atomic mass is 10.3. The number of nitrogens with one attached hydrogen (secondary N) is 1. The molecular weight excluding hydrogens is 323 g/mol. The number of nitrogens with zero attached hydrogens (tertiary/aromatic N) is 1. The van der Waals surface area contributed by atoms with E-state index in [1.54, 1.807) is 36.7 Å². The maximum absolute atomic E-state index is 11.2. The fourth-order valence-electron chi connectivity index (χ4n) is 1.23. The Bertz CT molecular complexity index is 598. The molecule has 1 heterocycles. The zero-order valence-electron chi connectivity index (χ0n) is 11.6. The van der Waals surface area contributed by atoms with Gasteiger partial charge in [0.2, 0.25) is 0 Å². The van der Waals surface area contributed by atoms with Crippen LogP contribution >= 0.6 is 23.2 Å². The van der Waals surface area contributed by atoms with Crippen LogP contribution in [0.4, 0.5) is 10.5 Å². The van der Waals surface area contributed by atoms with Crippen LogP contribution in [0.5, 0.6) is 0 Å². The summed E-state index contributed by atoms with van der Waals surface area (Å²) in [5, 5.41) is 3.05. The summed E-state index contributed by atoms with van der Waals surface area (Å²) in [6, 6.07) is 12.5. The summed E-state index contributed by atoms with van der Waals surface area (Å²) in [5.41, 5.74) is 0.572. The molecule has 4 nitrogen and oxygen atoms in total. The monoisotopic (exact) mass is 336 g/mol. The molecule has 0 aliphatic carbocycles. The third kappa shape index (κ3) is 8.85. The second-order valence-corrected chi connectivity index (χ2v) is 4.43. The van der Waals surface area contributed by atoms with Gasteiger partial charge in [-0.15, -0.1) is 11.6 Å². The van der Waals surface area contributed by atoms with Crippen LogP contribution in [-0.4, -0.2) is 23.6 Å². The Morgan fingerprint density at radius 1 is 1.18 bits per heavy atom. The van der Waals surface area contributed by atoms with Crippen molar-refractivity contribution < 1.29 is 9.53 Å². The Morgan fingerprint density at radius 2 is 1.95 bits per heavy atom. The maximum atomic E-state index is 11.2. The summed E-state index contributed by atoms with van der Waals surface area (Å²) >= 11 is 11.1. The van der Waals surface area contributed by atoms with Gasteiger partial charge in [0.1, 0.15) is 0 Å². The van der Waals surface area contributed by atoms with Gasteiger partial charge in [-0.2, -0.15) is 0 Å². The number of rotatable bonds is 2. The van der Waals surface area contributed by atoms with E-state index < -0.39 is 6.09 Å². The standard InChI is InChI=1S/C11H9Cl2NO2.C5H5N/c12-6-1-2-7-16-11(15)14-10-5-3-4-9(13)8-10;1-2-4-6-5-3-1/h3-5,8H,6-7H2,(H,14,15);1-5H. The van der Waals surface area contributed by atoms with Crippen LogP contribution in [-0.2, 0) is 4.74 Å². The summed E-state index contributed by atoms with van der Waals surface area (Å²) in [7, 11) is 0. The molecule has 1 aromatic carbocycles. The number of anilines is 1. The molecule has 0 bridgehead atoms. The zero-order valence-corrected chi connectivity index (χ0v) is 13.1. The van der Waals surface area contributed by atoms with Crippen molar-refractivity contribution in [1.82, 2.24) is 4.98 Å². The topological polar surface area (TPSA) is 51.2 Å². The molecule has 0 spiro atoms. The highest BCUT2D eigenvalue weighted by Crippen LogP contribution is 2.14. The number of ether oxygens (including phenoxy) is 1. The lowest BCUT2D eigenvalue weighted by molar-refractivity contribution is 0.176. The van der Waals surface area contributed by atoms with Gasteiger partial charge in [0.05, 0.1) is 5.88 Å². The van der Waals surface area contributed by atoms with Gasteiger partial charge in [-0.1, -0.05) is 35.6 Å². The van der Waals surface area contributed by atoms with Crippen LogP contribution in [0.1, 0.15) is 0 Å². The molecule has 2 aromatic rings. The molecule has 1 N–H and O–H groups in total. The molecule has 0 unspecified atom stereocenters. The maximum Gasteiger partial charge on any atom is 0.412 e. The normalized spacial score (nSPS) is 8.64. The smallest absolute Gasteiger partial charge is 0.412 e. The number of hydrogen-bond donors (Lipinski definition) is 1. The van der Waals surface area contributed by atoms with Crippen molar-refractivity contribution in [3.05, 3.63) is 59.9 Å². The van der Waals surface area contributed by atoms with Gasteiger partial charge in [0.15, 0.2) is 6.61 Å². The molecule has 0 saturated heterocycles. The van der Waals surface area contributed by atoms with Gasteiger partial charge in [-0.3, -0.25) is 10.3 Å². The zero-order chi connectivity index (χ0) is 16.0. The van der Waals surface area contributed by atoms with Crippen LogP contribution < -0.4 is 5.32 Å². The van der Waals surface area contributed by atoms with Crippen molar-refractivity contribution >= 4 is 35.0 Å². The van der Waals surface area contributed by atoms with Crippen LogP contribution in [0.15, 0.2) is 54.9 Å². The van der Waals surface area contributed by atoms with E-state index in [0.29, 0.717) is 10.7 Å². The molecule has 0 saturated carbocycles. The van der Waals surface area contributed by atoms with E-state index in [1.165, 1.54) is 0 Å². The average Bonchev–Trinajstić information content (AvgIpc) is 2.54. The summed E-state index contributed by atoms with van der Waals surface area (Å²) in [6.07, 6.45) is 2.92. The van der Waals surface area contributed by atoms with Crippen molar-refractivity contribution in [3.8, 4) is 11.8 Å². The van der Waals surface area contributed by atoms with Crippen molar-refractivity contribution in [2.24, 2.45) is 0 Å². The predicted molar refractivity (Wildman–Crippen MR) is 89.2 cm³/mol. The number of pyridine rings is 1. The van der Waals surface area contributed by atoms with Gasteiger partial charge in [-0.25, -0.2) is 4.79 Å². The molecule has 22 heavy (non-hydrogen) atoms. The Balaban J connectivity index is 0.000000335. The van der Waals surface area contributed by atoms with Crippen molar-refractivity contribution in [1.29, 1.82) is 0 Å². The van der Waals surface area contributed by atoms with E-state index in [9.17, 15) is 4.79 Å². The number of amides is 1. The van der Waals surface area contributed by atoms with Crippen molar-refractivity contribution in [3.63, 3.8) is 0 Å². The van der Waals surface area contributed by atoms with Gasteiger partial charge in [0, 0.05) is 23.1 Å². The first kappa shape index (κ1) is 17.8. The molecule has 0 atom stereocenters. The van der Waals surface area contributed by atoms with Gasteiger partial charge in [-0.05, 0) is 30.3 Å². The van der Waals surface area contributed by atoms with E-state index in [1.807, 2.05) is 18.2 Å². The third-order valence-electron chi connectivity index (χ3n) is 2.10. The van der Waals surface area contributed by atoms with Crippen LogP contribution in [0, 0.1) is 11.8 Å². The number of carbonyl (C=O) groups excluding carboxylic acids is 1. The fourth-order valence-corrected chi connectivity index (χ4v) is 1.52. The summed E-state index contributed by atoms with van der Waals surface area (Å²) < 4.78 is 4.76. The number of hydrogen-bond acceptors (Lipinski definition) is 3. The third-order valence-corrected chi connectivity index (χ3v) is 2.47. The first-order valence-corrected chi connectivity index (χ1v) is 7.19. The van der Waals surface area contributed by atoms with E-state index in [-0.39, 0.29) is 12.5 Å². The second-order valence-electron chi connectivity index (χ2n) is 3.72. The van der Waals surface area contributed by atoms with E-state index in [4.69, 9.17) is 27.9 Å². The molecule has 0 aliphatic heterocycles. The van der Waals surface area contributed by atoms with Crippen LogP contribution in [0.2, 0.25) is 5.02 Å². The Morgan fingerprint density at radius 3 is 2.50 bits per heavy atom. The Hall–Kier alpha value is -2.22. The number of halogens is 2. The molecule has 1 aromatic heterocycles. The van der Waals surface area contributed by atoms with Crippen LogP contribution in [0.3, 0.4) is 0 Å². The van der Waals surface area contributed by atoms with Crippen molar-refractivity contribution in [2.75, 3.05) is 17.8 Å². The van der Waals surface area contributed by atoms with E-state index in [0.717, 1.165) is 0 Å². The number of benzene rings is 1.